The molecular weight excluding hydrogens is 278 g/mol. The van der Waals surface area contributed by atoms with Gasteiger partial charge in [-0.3, -0.25) is 4.79 Å². The number of carbonyl (C=O) groups is 1. The number of anilines is 1. The fourth-order valence-corrected chi connectivity index (χ4v) is 2.74. The summed E-state index contributed by atoms with van der Waals surface area (Å²) < 4.78 is 0. The molecule has 20 heavy (non-hydrogen) atoms. The minimum Gasteiger partial charge on any atom is -0.397 e. The van der Waals surface area contributed by atoms with Gasteiger partial charge in [-0.05, 0) is 37.7 Å². The zero-order valence-electron chi connectivity index (χ0n) is 11.5. The van der Waals surface area contributed by atoms with Crippen LogP contribution in [0.1, 0.15) is 43.0 Å². The number of aromatic nitrogens is 1. The fourth-order valence-electron chi connectivity index (χ4n) is 2.58. The average molecular weight is 298 g/mol. The summed E-state index contributed by atoms with van der Waals surface area (Å²) in [5.74, 6) is 0.322. The topological polar surface area (TPSA) is 88.2 Å². The van der Waals surface area contributed by atoms with Crippen LogP contribution in [0.4, 0.5) is 5.69 Å². The Labute approximate surface area is 123 Å². The third kappa shape index (κ3) is 3.22. The molecule has 0 aliphatic heterocycles. The van der Waals surface area contributed by atoms with Gasteiger partial charge in [0.2, 0.25) is 0 Å². The van der Waals surface area contributed by atoms with Crippen molar-refractivity contribution in [2.75, 3.05) is 12.3 Å². The fraction of sp³-hybridized carbons (Fsp3) is 0.571. The lowest BCUT2D eigenvalue weighted by molar-refractivity contribution is 0.0718. The van der Waals surface area contributed by atoms with Crippen molar-refractivity contribution in [2.24, 2.45) is 5.92 Å². The molecule has 0 bridgehead atoms. The monoisotopic (exact) mass is 297 g/mol. The van der Waals surface area contributed by atoms with Gasteiger partial charge in [-0.1, -0.05) is 18.5 Å². The van der Waals surface area contributed by atoms with E-state index < -0.39 is 5.54 Å². The summed E-state index contributed by atoms with van der Waals surface area (Å²) in [6.45, 7) is 2.12. The van der Waals surface area contributed by atoms with Gasteiger partial charge < -0.3 is 16.2 Å². The number of amides is 1. The number of nitrogens with one attached hydrogen (secondary N) is 1. The van der Waals surface area contributed by atoms with E-state index in [1.807, 2.05) is 0 Å². The molecule has 1 saturated carbocycles. The van der Waals surface area contributed by atoms with Crippen molar-refractivity contribution in [2.45, 2.75) is 38.1 Å². The van der Waals surface area contributed by atoms with Crippen LogP contribution in [0.25, 0.3) is 0 Å². The van der Waals surface area contributed by atoms with E-state index in [0.717, 1.165) is 25.7 Å². The Morgan fingerprint density at radius 2 is 2.25 bits per heavy atom. The molecule has 1 aromatic heterocycles. The van der Waals surface area contributed by atoms with E-state index in [-0.39, 0.29) is 23.4 Å². The smallest absolute Gasteiger partial charge is 0.254 e. The zero-order valence-corrected chi connectivity index (χ0v) is 12.3. The summed E-state index contributed by atoms with van der Waals surface area (Å²) in [5.41, 5.74) is 5.79. The van der Waals surface area contributed by atoms with E-state index in [1.165, 1.54) is 12.3 Å². The minimum atomic E-state index is -0.550. The lowest BCUT2D eigenvalue weighted by Crippen LogP contribution is -2.53. The Hall–Kier alpha value is -1.33. The molecule has 5 nitrogen and oxygen atoms in total. The Balaban J connectivity index is 2.15. The van der Waals surface area contributed by atoms with E-state index in [0.29, 0.717) is 11.5 Å². The highest BCUT2D eigenvalue weighted by atomic mass is 35.5. The number of aliphatic hydroxyl groups excluding tert-OH is 1. The highest BCUT2D eigenvalue weighted by molar-refractivity contribution is 6.29. The van der Waals surface area contributed by atoms with E-state index >= 15 is 0 Å². The Kier molecular flexibility index (Phi) is 4.50. The first-order chi connectivity index (χ1) is 9.46. The van der Waals surface area contributed by atoms with Gasteiger partial charge in [0, 0.05) is 0 Å². The van der Waals surface area contributed by atoms with E-state index in [1.54, 1.807) is 0 Å². The SMILES string of the molecule is CC1CCC(CO)(NC(=O)c2cc(Cl)ncc2N)CC1. The third-order valence-electron chi connectivity index (χ3n) is 4.06. The molecular formula is C14H20ClN3O2. The molecule has 1 fully saturated rings. The first-order valence-electron chi connectivity index (χ1n) is 6.80. The highest BCUT2D eigenvalue weighted by Gasteiger charge is 2.35. The molecule has 0 unspecified atom stereocenters. The van der Waals surface area contributed by atoms with Crippen LogP contribution >= 0.6 is 11.6 Å². The van der Waals surface area contributed by atoms with Gasteiger partial charge >= 0.3 is 0 Å². The van der Waals surface area contributed by atoms with Crippen LogP contribution in [0.15, 0.2) is 12.3 Å². The van der Waals surface area contributed by atoms with Crippen LogP contribution < -0.4 is 11.1 Å². The zero-order chi connectivity index (χ0) is 14.8. The maximum Gasteiger partial charge on any atom is 0.254 e. The predicted octanol–water partition coefficient (Wildman–Crippen LogP) is 1.99. The Bertz CT molecular complexity index is 499. The normalized spacial score (nSPS) is 26.2. The largest absolute Gasteiger partial charge is 0.397 e. The molecule has 0 aromatic carbocycles. The number of halogens is 1. The van der Waals surface area contributed by atoms with Crippen LogP contribution in [0.2, 0.25) is 5.15 Å². The number of nitrogen functional groups attached to an aromatic ring is 1. The number of hydrogen-bond donors (Lipinski definition) is 3. The summed E-state index contributed by atoms with van der Waals surface area (Å²) in [6.07, 6.45) is 4.90. The number of hydrogen-bond acceptors (Lipinski definition) is 4. The molecule has 110 valence electrons. The van der Waals surface area contributed by atoms with Crippen molar-refractivity contribution in [3.63, 3.8) is 0 Å². The number of pyridine rings is 1. The summed E-state index contributed by atoms with van der Waals surface area (Å²) in [4.78, 5) is 16.2. The molecule has 0 atom stereocenters. The number of carbonyl (C=O) groups excluding carboxylic acids is 1. The second-order valence-electron chi connectivity index (χ2n) is 5.67. The van der Waals surface area contributed by atoms with Crippen molar-refractivity contribution >= 4 is 23.2 Å². The summed E-state index contributed by atoms with van der Waals surface area (Å²) in [7, 11) is 0. The van der Waals surface area contributed by atoms with Crippen molar-refractivity contribution in [1.29, 1.82) is 0 Å². The van der Waals surface area contributed by atoms with Crippen molar-refractivity contribution in [3.8, 4) is 0 Å². The summed E-state index contributed by atoms with van der Waals surface area (Å²) in [5, 5.41) is 12.8. The molecule has 2 rings (SSSR count). The first kappa shape index (κ1) is 15.1. The van der Waals surface area contributed by atoms with Crippen molar-refractivity contribution in [1.82, 2.24) is 10.3 Å². The summed E-state index contributed by atoms with van der Waals surface area (Å²) in [6, 6.07) is 1.45. The van der Waals surface area contributed by atoms with Crippen LogP contribution in [0.5, 0.6) is 0 Å². The van der Waals surface area contributed by atoms with Crippen LogP contribution in [0, 0.1) is 5.92 Å². The highest BCUT2D eigenvalue weighted by Crippen LogP contribution is 2.32. The summed E-state index contributed by atoms with van der Waals surface area (Å²) >= 11 is 5.80. The van der Waals surface area contributed by atoms with Crippen molar-refractivity contribution in [3.05, 3.63) is 23.0 Å². The molecule has 0 radical (unpaired) electrons. The van der Waals surface area contributed by atoms with Gasteiger partial charge in [0.05, 0.1) is 29.6 Å². The van der Waals surface area contributed by atoms with E-state index in [9.17, 15) is 9.90 Å². The maximum absolute atomic E-state index is 12.3. The predicted molar refractivity (Wildman–Crippen MR) is 78.6 cm³/mol. The van der Waals surface area contributed by atoms with Crippen molar-refractivity contribution < 1.29 is 9.90 Å². The van der Waals surface area contributed by atoms with Gasteiger partial charge in [-0.15, -0.1) is 0 Å². The van der Waals surface area contributed by atoms with Crippen LogP contribution in [-0.4, -0.2) is 28.1 Å². The second kappa shape index (κ2) is 5.97. The number of aliphatic hydroxyl groups is 1. The maximum atomic E-state index is 12.3. The Morgan fingerprint density at radius 3 is 2.85 bits per heavy atom. The first-order valence-corrected chi connectivity index (χ1v) is 7.18. The molecule has 6 heteroatoms. The number of nitrogens with two attached hydrogens (primary N) is 1. The van der Waals surface area contributed by atoms with Gasteiger partial charge in [-0.25, -0.2) is 4.98 Å². The standard InChI is InChI=1S/C14H20ClN3O2/c1-9-2-4-14(8-19,5-3-9)18-13(20)10-6-12(15)17-7-11(10)16/h6-7,9,19H,2-5,8,16H2,1H3,(H,18,20). The molecule has 1 aromatic rings. The number of nitrogens with zero attached hydrogens (tertiary/aromatic N) is 1. The molecule has 1 aliphatic carbocycles. The molecule has 1 heterocycles. The number of rotatable bonds is 3. The second-order valence-corrected chi connectivity index (χ2v) is 6.06. The van der Waals surface area contributed by atoms with Crippen LogP contribution in [-0.2, 0) is 0 Å². The molecule has 0 saturated heterocycles. The third-order valence-corrected chi connectivity index (χ3v) is 4.27. The quantitative estimate of drug-likeness (QED) is 0.745. The molecule has 1 aliphatic rings. The van der Waals surface area contributed by atoms with Gasteiger partial charge in [0.1, 0.15) is 5.15 Å². The van der Waals surface area contributed by atoms with E-state index in [2.05, 4.69) is 17.2 Å². The van der Waals surface area contributed by atoms with Gasteiger partial charge in [0.25, 0.3) is 5.91 Å². The molecule has 4 N–H and O–H groups in total. The van der Waals surface area contributed by atoms with E-state index in [4.69, 9.17) is 17.3 Å². The van der Waals surface area contributed by atoms with Gasteiger partial charge in [0.15, 0.2) is 0 Å². The molecule has 1 amide bonds. The minimum absolute atomic E-state index is 0.0653. The average Bonchev–Trinajstić information content (AvgIpc) is 2.44. The lowest BCUT2D eigenvalue weighted by Gasteiger charge is -2.38. The van der Waals surface area contributed by atoms with Crippen LogP contribution in [0.3, 0.4) is 0 Å². The molecule has 0 spiro atoms. The lowest BCUT2D eigenvalue weighted by atomic mass is 9.77. The Morgan fingerprint density at radius 1 is 1.60 bits per heavy atom. The van der Waals surface area contributed by atoms with Gasteiger partial charge in [-0.2, -0.15) is 0 Å².